The van der Waals surface area contributed by atoms with E-state index in [1.54, 1.807) is 0 Å². The van der Waals surface area contributed by atoms with Crippen LogP contribution in [0.15, 0.2) is 0 Å². The topological polar surface area (TPSA) is 26.3 Å². The molecule has 1 aliphatic rings. The zero-order valence-electron chi connectivity index (χ0n) is 7.38. The van der Waals surface area contributed by atoms with Crippen LogP contribution in [-0.4, -0.2) is 15.8 Å². The highest BCUT2D eigenvalue weighted by molar-refractivity contribution is 8.30. The number of alkyl halides is 3. The number of hydrogen-bond acceptors (Lipinski definition) is 3. The maximum Gasteiger partial charge on any atom is 0.497 e. The molecule has 2 nitrogen and oxygen atoms in total. The SMILES string of the molecule is O=S(=S)(OC1CCCCC1)C(F)(F)F. The van der Waals surface area contributed by atoms with Gasteiger partial charge in [-0.15, -0.1) is 0 Å². The molecule has 14 heavy (non-hydrogen) atoms. The van der Waals surface area contributed by atoms with Gasteiger partial charge in [0.1, 0.15) is 0 Å². The van der Waals surface area contributed by atoms with Crippen molar-refractivity contribution in [2.24, 2.45) is 0 Å². The molecule has 1 unspecified atom stereocenters. The van der Waals surface area contributed by atoms with Crippen molar-refractivity contribution in [2.75, 3.05) is 0 Å². The third kappa shape index (κ3) is 3.06. The molecule has 0 aromatic rings. The van der Waals surface area contributed by atoms with Crippen LogP contribution in [0, 0.1) is 0 Å². The molecule has 0 heterocycles. The van der Waals surface area contributed by atoms with Gasteiger partial charge >= 0.3 is 5.51 Å². The van der Waals surface area contributed by atoms with Crippen molar-refractivity contribution in [1.29, 1.82) is 0 Å². The Morgan fingerprint density at radius 3 is 2.14 bits per heavy atom. The van der Waals surface area contributed by atoms with Gasteiger partial charge < -0.3 is 0 Å². The van der Waals surface area contributed by atoms with E-state index < -0.39 is 20.4 Å². The average molecular weight is 248 g/mol. The third-order valence-electron chi connectivity index (χ3n) is 2.10. The van der Waals surface area contributed by atoms with Crippen molar-refractivity contribution in [1.82, 2.24) is 0 Å². The Balaban J connectivity index is 2.58. The van der Waals surface area contributed by atoms with E-state index in [1.807, 2.05) is 0 Å². The van der Waals surface area contributed by atoms with Crippen LogP contribution in [-0.2, 0) is 24.1 Å². The molecule has 1 aliphatic carbocycles. The minimum Gasteiger partial charge on any atom is -0.280 e. The number of rotatable bonds is 2. The molecule has 0 radical (unpaired) electrons. The maximum absolute atomic E-state index is 12.1. The van der Waals surface area contributed by atoms with E-state index in [2.05, 4.69) is 15.4 Å². The van der Waals surface area contributed by atoms with Crippen molar-refractivity contribution in [2.45, 2.75) is 43.7 Å². The molecular formula is C7H11F3O2S2. The predicted octanol–water partition coefficient (Wildman–Crippen LogP) is 2.52. The zero-order chi connectivity index (χ0) is 10.8. The monoisotopic (exact) mass is 248 g/mol. The van der Waals surface area contributed by atoms with Crippen LogP contribution < -0.4 is 0 Å². The maximum atomic E-state index is 12.1. The van der Waals surface area contributed by atoms with Crippen molar-refractivity contribution in [3.63, 3.8) is 0 Å². The first-order valence-electron chi connectivity index (χ1n) is 4.32. The van der Waals surface area contributed by atoms with E-state index in [9.17, 15) is 17.4 Å². The Bertz CT molecular complexity index is 278. The number of hydrogen-bond donors (Lipinski definition) is 0. The van der Waals surface area contributed by atoms with Crippen LogP contribution in [0.4, 0.5) is 13.2 Å². The molecule has 1 atom stereocenters. The highest BCUT2D eigenvalue weighted by atomic mass is 32.8. The second kappa shape index (κ2) is 4.32. The molecule has 7 heteroatoms. The molecule has 0 amide bonds. The van der Waals surface area contributed by atoms with Gasteiger partial charge in [-0.2, -0.15) is 13.2 Å². The summed E-state index contributed by atoms with van der Waals surface area (Å²) in [7, 11) is -4.56. The van der Waals surface area contributed by atoms with Crippen LogP contribution >= 0.6 is 0 Å². The summed E-state index contributed by atoms with van der Waals surface area (Å²) in [5, 5.41) is 0. The Labute approximate surface area is 85.7 Å². The summed E-state index contributed by atoms with van der Waals surface area (Å²) in [5.41, 5.74) is -4.93. The first-order chi connectivity index (χ1) is 6.33. The van der Waals surface area contributed by atoms with E-state index in [4.69, 9.17) is 0 Å². The van der Waals surface area contributed by atoms with E-state index in [0.29, 0.717) is 12.8 Å². The largest absolute Gasteiger partial charge is 0.497 e. The van der Waals surface area contributed by atoms with Gasteiger partial charge in [-0.3, -0.25) is 4.18 Å². The van der Waals surface area contributed by atoms with Gasteiger partial charge in [0.25, 0.3) is 0 Å². The van der Waals surface area contributed by atoms with Crippen molar-refractivity contribution in [3.8, 4) is 0 Å². The molecule has 1 saturated carbocycles. The fourth-order valence-electron chi connectivity index (χ4n) is 1.40. The lowest BCUT2D eigenvalue weighted by atomic mass is 9.98. The molecule has 0 aromatic heterocycles. The molecule has 0 bridgehead atoms. The van der Waals surface area contributed by atoms with E-state index in [1.165, 1.54) is 0 Å². The van der Waals surface area contributed by atoms with Crippen molar-refractivity contribution in [3.05, 3.63) is 0 Å². The predicted molar refractivity (Wildman–Crippen MR) is 49.5 cm³/mol. The van der Waals surface area contributed by atoms with E-state index in [0.717, 1.165) is 19.3 Å². The Hall–Kier alpha value is 0.120. The third-order valence-corrected chi connectivity index (χ3v) is 3.99. The molecule has 1 fully saturated rings. The fraction of sp³-hybridized carbons (Fsp3) is 1.00. The fourth-order valence-corrected chi connectivity index (χ4v) is 2.39. The normalized spacial score (nSPS) is 24.5. The summed E-state index contributed by atoms with van der Waals surface area (Å²) < 4.78 is 51.7. The van der Waals surface area contributed by atoms with Crippen molar-refractivity contribution >= 4 is 20.0 Å². The summed E-state index contributed by atoms with van der Waals surface area (Å²) in [5.74, 6) is 0. The van der Waals surface area contributed by atoms with Gasteiger partial charge in [0.2, 0.25) is 8.77 Å². The quantitative estimate of drug-likeness (QED) is 0.751. The van der Waals surface area contributed by atoms with Crippen LogP contribution in [0.3, 0.4) is 0 Å². The first-order valence-corrected chi connectivity index (χ1v) is 6.73. The second-order valence-corrected chi connectivity index (χ2v) is 6.14. The number of halogens is 3. The molecule has 0 spiro atoms. The summed E-state index contributed by atoms with van der Waals surface area (Å²) in [6, 6.07) is 0. The molecule has 84 valence electrons. The zero-order valence-corrected chi connectivity index (χ0v) is 9.01. The molecular weight excluding hydrogens is 237 g/mol. The van der Waals surface area contributed by atoms with Gasteiger partial charge in [0.05, 0.1) is 6.10 Å². The minimum absolute atomic E-state index is 0.518. The van der Waals surface area contributed by atoms with Crippen LogP contribution in [0.2, 0.25) is 0 Å². The Morgan fingerprint density at radius 2 is 1.71 bits per heavy atom. The lowest BCUT2D eigenvalue weighted by Crippen LogP contribution is -2.30. The molecule has 0 aromatic carbocycles. The average Bonchev–Trinajstić information content (AvgIpc) is 2.03. The van der Waals surface area contributed by atoms with Gasteiger partial charge in [0.15, 0.2) is 0 Å². The first kappa shape index (κ1) is 12.2. The molecule has 1 rings (SSSR count). The molecule has 0 saturated heterocycles. The second-order valence-electron chi connectivity index (χ2n) is 3.26. The highest BCUT2D eigenvalue weighted by Crippen LogP contribution is 2.30. The molecule has 0 aliphatic heterocycles. The van der Waals surface area contributed by atoms with Crippen LogP contribution in [0.5, 0.6) is 0 Å². The van der Waals surface area contributed by atoms with Crippen molar-refractivity contribution < 1.29 is 21.6 Å². The lowest BCUT2D eigenvalue weighted by Gasteiger charge is -2.23. The Morgan fingerprint density at radius 1 is 1.21 bits per heavy atom. The molecule has 0 N–H and O–H groups in total. The van der Waals surface area contributed by atoms with Crippen LogP contribution in [0.1, 0.15) is 32.1 Å². The van der Waals surface area contributed by atoms with Gasteiger partial charge in [-0.25, -0.2) is 4.21 Å². The van der Waals surface area contributed by atoms with Gasteiger partial charge in [-0.1, -0.05) is 19.3 Å². The van der Waals surface area contributed by atoms with Crippen LogP contribution in [0.25, 0.3) is 0 Å². The summed E-state index contributed by atoms with van der Waals surface area (Å²) in [4.78, 5) is 0. The smallest absolute Gasteiger partial charge is 0.280 e. The van der Waals surface area contributed by atoms with Gasteiger partial charge in [0, 0.05) is 11.2 Å². The van der Waals surface area contributed by atoms with Gasteiger partial charge in [-0.05, 0) is 12.8 Å². The standard InChI is InChI=1S/C7H11F3O2S2/c8-7(9,10)14(11,13)12-6-4-2-1-3-5-6/h6H,1-5H2. The Kier molecular flexibility index (Phi) is 3.76. The lowest BCUT2D eigenvalue weighted by molar-refractivity contribution is -0.0516. The summed E-state index contributed by atoms with van der Waals surface area (Å²) in [6.45, 7) is 0. The van der Waals surface area contributed by atoms with E-state index in [-0.39, 0.29) is 0 Å². The summed E-state index contributed by atoms with van der Waals surface area (Å²) in [6.07, 6.45) is 3.06. The highest BCUT2D eigenvalue weighted by Gasteiger charge is 2.44. The summed E-state index contributed by atoms with van der Waals surface area (Å²) >= 11 is 3.94. The van der Waals surface area contributed by atoms with E-state index >= 15 is 0 Å². The minimum atomic E-state index is -4.93.